The van der Waals surface area contributed by atoms with Crippen molar-refractivity contribution in [2.24, 2.45) is 11.8 Å². The number of halogens is 1. The van der Waals surface area contributed by atoms with Crippen LogP contribution in [0.3, 0.4) is 0 Å². The summed E-state index contributed by atoms with van der Waals surface area (Å²) in [4.78, 5) is 19.1. The smallest absolute Gasteiger partial charge is 0.254 e. The van der Waals surface area contributed by atoms with Gasteiger partial charge in [-0.15, -0.1) is 0 Å². The maximum absolute atomic E-state index is 13.7. The van der Waals surface area contributed by atoms with Crippen LogP contribution in [0.15, 0.2) is 66.0 Å². The Hall–Kier alpha value is -3.00. The molecular formula is C26H32FN3O3S. The van der Waals surface area contributed by atoms with E-state index in [9.17, 15) is 17.6 Å². The van der Waals surface area contributed by atoms with E-state index >= 15 is 0 Å². The third-order valence-corrected chi connectivity index (χ3v) is 6.82. The normalized spacial score (nSPS) is 11.9. The van der Waals surface area contributed by atoms with Gasteiger partial charge in [0.15, 0.2) is 0 Å². The zero-order valence-electron chi connectivity index (χ0n) is 20.1. The number of amides is 1. The van der Waals surface area contributed by atoms with E-state index in [1.165, 1.54) is 24.4 Å². The second-order valence-electron chi connectivity index (χ2n) is 9.37. The van der Waals surface area contributed by atoms with E-state index in [-0.39, 0.29) is 40.8 Å². The van der Waals surface area contributed by atoms with Crippen LogP contribution in [-0.2, 0) is 28.7 Å². The Morgan fingerprint density at radius 2 is 1.74 bits per heavy atom. The number of imidazole rings is 1. The summed E-state index contributed by atoms with van der Waals surface area (Å²) in [5.74, 6) is -0.606. The molecule has 3 rings (SSSR count). The van der Waals surface area contributed by atoms with Gasteiger partial charge >= 0.3 is 0 Å². The number of carbonyl (C=O) groups excluding carboxylic acids is 1. The van der Waals surface area contributed by atoms with Gasteiger partial charge in [-0.2, -0.15) is 0 Å². The van der Waals surface area contributed by atoms with Gasteiger partial charge in [0.1, 0.15) is 5.82 Å². The fourth-order valence-electron chi connectivity index (χ4n) is 3.84. The average molecular weight is 486 g/mol. The minimum atomic E-state index is -3.71. The first-order valence-electron chi connectivity index (χ1n) is 11.4. The quantitative estimate of drug-likeness (QED) is 0.407. The maximum Gasteiger partial charge on any atom is 0.254 e. The maximum atomic E-state index is 13.7. The highest BCUT2D eigenvalue weighted by Crippen LogP contribution is 2.21. The number of aromatic nitrogens is 2. The van der Waals surface area contributed by atoms with Crippen molar-refractivity contribution >= 4 is 15.7 Å². The Labute approximate surface area is 201 Å². The molecule has 1 amide bonds. The highest BCUT2D eigenvalue weighted by atomic mass is 32.2. The third kappa shape index (κ3) is 6.53. The van der Waals surface area contributed by atoms with E-state index in [1.807, 2.05) is 33.8 Å². The van der Waals surface area contributed by atoms with Crippen molar-refractivity contribution in [1.82, 2.24) is 14.5 Å². The predicted octanol–water partition coefficient (Wildman–Crippen LogP) is 4.95. The summed E-state index contributed by atoms with van der Waals surface area (Å²) in [6.07, 6.45) is 1.53. The van der Waals surface area contributed by atoms with Gasteiger partial charge in [-0.1, -0.05) is 64.1 Å². The number of hydrogen-bond donors (Lipinski definition) is 0. The first-order valence-corrected chi connectivity index (χ1v) is 13.1. The van der Waals surface area contributed by atoms with E-state index in [4.69, 9.17) is 0 Å². The molecular weight excluding hydrogens is 453 g/mol. The summed E-state index contributed by atoms with van der Waals surface area (Å²) in [5.41, 5.74) is 1.57. The highest BCUT2D eigenvalue weighted by molar-refractivity contribution is 7.90. The molecule has 2 aromatic carbocycles. The molecule has 0 radical (unpaired) electrons. The molecule has 0 aliphatic carbocycles. The minimum Gasteiger partial charge on any atom is -0.333 e. The second-order valence-corrected chi connectivity index (χ2v) is 11.3. The Morgan fingerprint density at radius 3 is 2.35 bits per heavy atom. The molecule has 3 aromatic rings. The summed E-state index contributed by atoms with van der Waals surface area (Å²) < 4.78 is 42.0. The van der Waals surface area contributed by atoms with E-state index in [2.05, 4.69) is 4.98 Å². The molecule has 0 saturated carbocycles. The van der Waals surface area contributed by atoms with E-state index in [1.54, 1.807) is 39.8 Å². The SMILES string of the molecule is CC(C)CN(Cc1cnc(S(=O)(=O)Cc2ccccc2)n1CC(C)C)C(=O)c1cccc(F)c1. The lowest BCUT2D eigenvalue weighted by atomic mass is 10.1. The van der Waals surface area contributed by atoms with E-state index in [0.29, 0.717) is 24.3 Å². The summed E-state index contributed by atoms with van der Waals surface area (Å²) >= 11 is 0. The standard InChI is InChI=1S/C26H32FN3O3S/c1-19(2)15-29(25(31)22-11-8-12-23(27)13-22)17-24-14-28-26(30(24)16-20(3)4)34(32,33)18-21-9-6-5-7-10-21/h5-14,19-20H,15-18H2,1-4H3. The molecule has 0 unspecified atom stereocenters. The highest BCUT2D eigenvalue weighted by Gasteiger charge is 2.26. The lowest BCUT2D eigenvalue weighted by Gasteiger charge is -2.26. The number of benzene rings is 2. The molecule has 34 heavy (non-hydrogen) atoms. The largest absolute Gasteiger partial charge is 0.333 e. The van der Waals surface area contributed by atoms with Crippen molar-refractivity contribution < 1.29 is 17.6 Å². The minimum absolute atomic E-state index is 0.00255. The van der Waals surface area contributed by atoms with E-state index in [0.717, 1.165) is 0 Å². The van der Waals surface area contributed by atoms with Gasteiger partial charge < -0.3 is 9.47 Å². The van der Waals surface area contributed by atoms with Gasteiger partial charge in [-0.25, -0.2) is 17.8 Å². The van der Waals surface area contributed by atoms with Crippen molar-refractivity contribution in [3.05, 3.63) is 83.4 Å². The molecule has 8 heteroatoms. The molecule has 1 aromatic heterocycles. The molecule has 6 nitrogen and oxygen atoms in total. The summed E-state index contributed by atoms with van der Waals surface area (Å²) in [7, 11) is -3.71. The molecule has 0 atom stereocenters. The topological polar surface area (TPSA) is 72.3 Å². The van der Waals surface area contributed by atoms with Crippen LogP contribution in [0.1, 0.15) is 49.3 Å². The Morgan fingerprint density at radius 1 is 1.03 bits per heavy atom. The van der Waals surface area contributed by atoms with Crippen LogP contribution in [0.4, 0.5) is 4.39 Å². The molecule has 0 spiro atoms. The van der Waals surface area contributed by atoms with Gasteiger partial charge in [0.05, 0.1) is 24.2 Å². The number of nitrogens with zero attached hydrogens (tertiary/aromatic N) is 3. The predicted molar refractivity (Wildman–Crippen MR) is 130 cm³/mol. The molecule has 0 bridgehead atoms. The summed E-state index contributed by atoms with van der Waals surface area (Å²) in [5, 5.41) is 0.00255. The Kier molecular flexibility index (Phi) is 8.25. The average Bonchev–Trinajstić information content (AvgIpc) is 3.15. The zero-order chi connectivity index (χ0) is 24.9. The second kappa shape index (κ2) is 11.0. The number of rotatable bonds is 10. The molecule has 0 saturated heterocycles. The molecule has 0 aliphatic rings. The van der Waals surface area contributed by atoms with Crippen molar-refractivity contribution in [2.45, 2.75) is 51.7 Å². The molecule has 1 heterocycles. The first kappa shape index (κ1) is 25.6. The third-order valence-electron chi connectivity index (χ3n) is 5.22. The Balaban J connectivity index is 1.97. The molecule has 182 valence electrons. The van der Waals surface area contributed by atoms with Crippen molar-refractivity contribution in [3.8, 4) is 0 Å². The van der Waals surface area contributed by atoms with Gasteiger partial charge in [0, 0.05) is 18.7 Å². The number of sulfone groups is 1. The summed E-state index contributed by atoms with van der Waals surface area (Å²) in [6.45, 7) is 9.05. The fraction of sp³-hybridized carbons (Fsp3) is 0.385. The molecule has 0 N–H and O–H groups in total. The first-order chi connectivity index (χ1) is 16.1. The monoisotopic (exact) mass is 485 g/mol. The van der Waals surface area contributed by atoms with Crippen molar-refractivity contribution in [1.29, 1.82) is 0 Å². The van der Waals surface area contributed by atoms with Crippen LogP contribution < -0.4 is 0 Å². The van der Waals surface area contributed by atoms with Crippen LogP contribution in [0.2, 0.25) is 0 Å². The number of hydrogen-bond acceptors (Lipinski definition) is 4. The molecule has 0 aliphatic heterocycles. The van der Waals surface area contributed by atoms with Gasteiger partial charge in [0.2, 0.25) is 15.0 Å². The van der Waals surface area contributed by atoms with Crippen molar-refractivity contribution in [2.75, 3.05) is 6.54 Å². The number of carbonyl (C=O) groups is 1. The fourth-order valence-corrected chi connectivity index (χ4v) is 5.35. The van der Waals surface area contributed by atoms with Crippen molar-refractivity contribution in [3.63, 3.8) is 0 Å². The van der Waals surface area contributed by atoms with Crippen LogP contribution >= 0.6 is 0 Å². The summed E-state index contributed by atoms with van der Waals surface area (Å²) in [6, 6.07) is 14.6. The lowest BCUT2D eigenvalue weighted by molar-refractivity contribution is 0.0717. The Bertz CT molecular complexity index is 1220. The van der Waals surface area contributed by atoms with Crippen LogP contribution in [-0.4, -0.2) is 35.3 Å². The van der Waals surface area contributed by atoms with Gasteiger partial charge in [0.25, 0.3) is 5.91 Å². The zero-order valence-corrected chi connectivity index (χ0v) is 20.9. The van der Waals surface area contributed by atoms with E-state index < -0.39 is 15.7 Å². The van der Waals surface area contributed by atoms with Crippen LogP contribution in [0.25, 0.3) is 0 Å². The van der Waals surface area contributed by atoms with Gasteiger partial charge in [-0.3, -0.25) is 4.79 Å². The lowest BCUT2D eigenvalue weighted by Crippen LogP contribution is -2.34. The molecule has 0 fully saturated rings. The van der Waals surface area contributed by atoms with Gasteiger partial charge in [-0.05, 0) is 35.6 Å². The van der Waals surface area contributed by atoms with Crippen LogP contribution in [0, 0.1) is 17.7 Å². The van der Waals surface area contributed by atoms with Crippen LogP contribution in [0.5, 0.6) is 0 Å².